The second kappa shape index (κ2) is 3.99. The Hall–Kier alpha value is -2.05. The molecule has 7 heteroatoms. The van der Waals surface area contributed by atoms with Crippen LogP contribution in [0.15, 0.2) is 12.1 Å². The molecule has 0 aliphatic rings. The molecule has 0 amide bonds. The number of halogens is 2. The van der Waals surface area contributed by atoms with Gasteiger partial charge < -0.3 is 5.11 Å². The number of hydrogen-bond acceptors (Lipinski definition) is 3. The number of carboxylic acids is 1. The topological polar surface area (TPSA) is 80.4 Å². The zero-order valence-electron chi connectivity index (χ0n) is 7.24. The minimum Gasteiger partial charge on any atom is -0.481 e. The first-order chi connectivity index (χ1) is 6.93. The first-order valence-electron chi connectivity index (χ1n) is 3.76. The number of nitro groups is 1. The van der Waals surface area contributed by atoms with E-state index in [1.54, 1.807) is 0 Å². The van der Waals surface area contributed by atoms with Gasteiger partial charge in [-0.15, -0.1) is 0 Å². The van der Waals surface area contributed by atoms with Crippen LogP contribution in [-0.2, 0) is 11.2 Å². The molecule has 0 aliphatic carbocycles. The lowest BCUT2D eigenvalue weighted by molar-refractivity contribution is -0.388. The summed E-state index contributed by atoms with van der Waals surface area (Å²) in [5.74, 6) is -3.83. The summed E-state index contributed by atoms with van der Waals surface area (Å²) >= 11 is 0. The maximum absolute atomic E-state index is 13.0. The van der Waals surface area contributed by atoms with E-state index < -0.39 is 40.2 Å². The Morgan fingerprint density at radius 2 is 1.93 bits per heavy atom. The van der Waals surface area contributed by atoms with Crippen molar-refractivity contribution in [1.82, 2.24) is 0 Å². The van der Waals surface area contributed by atoms with E-state index in [1.807, 2.05) is 0 Å². The number of carbonyl (C=O) groups is 1. The van der Waals surface area contributed by atoms with Crippen molar-refractivity contribution < 1.29 is 23.6 Å². The van der Waals surface area contributed by atoms with Crippen molar-refractivity contribution in [2.45, 2.75) is 6.42 Å². The van der Waals surface area contributed by atoms with Gasteiger partial charge in [-0.05, 0) is 12.1 Å². The molecule has 0 unspecified atom stereocenters. The average Bonchev–Trinajstić information content (AvgIpc) is 2.10. The lowest BCUT2D eigenvalue weighted by Gasteiger charge is -2.02. The highest BCUT2D eigenvalue weighted by Gasteiger charge is 2.25. The highest BCUT2D eigenvalue weighted by Crippen LogP contribution is 2.25. The van der Waals surface area contributed by atoms with Crippen molar-refractivity contribution in [2.24, 2.45) is 0 Å². The Bertz CT molecular complexity index is 433. The predicted octanol–water partition coefficient (Wildman–Crippen LogP) is 1.50. The van der Waals surface area contributed by atoms with Gasteiger partial charge in [0.2, 0.25) is 5.82 Å². The first kappa shape index (κ1) is 11.0. The number of aliphatic carboxylic acids is 1. The van der Waals surface area contributed by atoms with Crippen LogP contribution in [0.4, 0.5) is 14.5 Å². The molecule has 80 valence electrons. The van der Waals surface area contributed by atoms with Gasteiger partial charge in [0.1, 0.15) is 5.82 Å². The SMILES string of the molecule is O=C(O)Cc1c(F)ccc(F)c1[N+](=O)[O-]. The van der Waals surface area contributed by atoms with E-state index in [1.165, 1.54) is 0 Å². The van der Waals surface area contributed by atoms with E-state index in [2.05, 4.69) is 0 Å². The molecule has 0 bridgehead atoms. The maximum atomic E-state index is 13.0. The van der Waals surface area contributed by atoms with Gasteiger partial charge in [-0.2, -0.15) is 4.39 Å². The van der Waals surface area contributed by atoms with Crippen molar-refractivity contribution in [1.29, 1.82) is 0 Å². The van der Waals surface area contributed by atoms with E-state index in [-0.39, 0.29) is 0 Å². The molecular weight excluding hydrogens is 212 g/mol. The number of nitro benzene ring substituents is 1. The van der Waals surface area contributed by atoms with E-state index in [0.29, 0.717) is 12.1 Å². The Labute approximate surface area is 82.1 Å². The monoisotopic (exact) mass is 217 g/mol. The Kier molecular flexibility index (Phi) is 2.93. The summed E-state index contributed by atoms with van der Waals surface area (Å²) in [6.07, 6.45) is -0.931. The van der Waals surface area contributed by atoms with Crippen molar-refractivity contribution in [3.8, 4) is 0 Å². The smallest absolute Gasteiger partial charge is 0.311 e. The molecule has 1 aromatic carbocycles. The third-order valence-electron chi connectivity index (χ3n) is 1.69. The second-order valence-corrected chi connectivity index (χ2v) is 2.68. The Morgan fingerprint density at radius 1 is 1.40 bits per heavy atom. The molecule has 0 fully saturated rings. The molecule has 15 heavy (non-hydrogen) atoms. The molecule has 0 radical (unpaired) electrons. The molecular formula is C8H5F2NO4. The number of hydrogen-bond donors (Lipinski definition) is 1. The van der Waals surface area contributed by atoms with Crippen molar-refractivity contribution >= 4 is 11.7 Å². The normalized spacial score (nSPS) is 10.0. The summed E-state index contributed by atoms with van der Waals surface area (Å²) in [7, 11) is 0. The van der Waals surface area contributed by atoms with E-state index in [9.17, 15) is 23.7 Å². The number of carboxylic acid groups (broad SMARTS) is 1. The molecule has 0 atom stereocenters. The van der Waals surface area contributed by atoms with Crippen LogP contribution < -0.4 is 0 Å². The highest BCUT2D eigenvalue weighted by atomic mass is 19.1. The summed E-state index contributed by atoms with van der Waals surface area (Å²) in [4.78, 5) is 19.5. The van der Waals surface area contributed by atoms with Crippen LogP contribution in [0.2, 0.25) is 0 Å². The average molecular weight is 217 g/mol. The Morgan fingerprint density at radius 3 is 2.40 bits per heavy atom. The van der Waals surface area contributed by atoms with Crippen molar-refractivity contribution in [2.75, 3.05) is 0 Å². The molecule has 0 spiro atoms. The van der Waals surface area contributed by atoms with Gasteiger partial charge in [-0.1, -0.05) is 0 Å². The zero-order chi connectivity index (χ0) is 11.6. The lowest BCUT2D eigenvalue weighted by atomic mass is 10.1. The molecule has 1 rings (SSSR count). The minimum atomic E-state index is -1.47. The van der Waals surface area contributed by atoms with Crippen LogP contribution >= 0.6 is 0 Å². The number of nitrogens with zero attached hydrogens (tertiary/aromatic N) is 1. The van der Waals surface area contributed by atoms with Crippen molar-refractivity contribution in [3.63, 3.8) is 0 Å². The summed E-state index contributed by atoms with van der Waals surface area (Å²) in [6.45, 7) is 0. The maximum Gasteiger partial charge on any atom is 0.311 e. The molecule has 1 aromatic rings. The third kappa shape index (κ3) is 2.25. The summed E-state index contributed by atoms with van der Waals surface area (Å²) in [5, 5.41) is 18.8. The summed E-state index contributed by atoms with van der Waals surface area (Å²) < 4.78 is 25.9. The van der Waals surface area contributed by atoms with Crippen LogP contribution in [0.1, 0.15) is 5.56 Å². The van der Waals surface area contributed by atoms with Crippen LogP contribution in [0, 0.1) is 21.7 Å². The summed E-state index contributed by atoms with van der Waals surface area (Å²) in [6, 6.07) is 1.24. The van der Waals surface area contributed by atoms with Crippen LogP contribution in [0.3, 0.4) is 0 Å². The minimum absolute atomic E-state index is 0.582. The van der Waals surface area contributed by atoms with Gasteiger partial charge in [0.25, 0.3) is 0 Å². The van der Waals surface area contributed by atoms with E-state index in [0.717, 1.165) is 0 Å². The van der Waals surface area contributed by atoms with Gasteiger partial charge in [0.05, 0.1) is 16.9 Å². The van der Waals surface area contributed by atoms with Gasteiger partial charge in [0.15, 0.2) is 0 Å². The second-order valence-electron chi connectivity index (χ2n) is 2.68. The third-order valence-corrected chi connectivity index (χ3v) is 1.69. The predicted molar refractivity (Wildman–Crippen MR) is 44.4 cm³/mol. The number of rotatable bonds is 3. The van der Waals surface area contributed by atoms with Crippen LogP contribution in [-0.4, -0.2) is 16.0 Å². The fourth-order valence-corrected chi connectivity index (χ4v) is 1.10. The van der Waals surface area contributed by atoms with E-state index >= 15 is 0 Å². The molecule has 0 heterocycles. The van der Waals surface area contributed by atoms with Gasteiger partial charge in [-0.25, -0.2) is 4.39 Å². The standard InChI is InChI=1S/C8H5F2NO4/c9-5-1-2-6(10)8(11(14)15)4(5)3-7(12)13/h1-2H,3H2,(H,12,13). The lowest BCUT2D eigenvalue weighted by Crippen LogP contribution is -2.07. The number of benzene rings is 1. The Balaban J connectivity index is 3.38. The fraction of sp³-hybridized carbons (Fsp3) is 0.125. The van der Waals surface area contributed by atoms with Gasteiger partial charge >= 0.3 is 11.7 Å². The fourth-order valence-electron chi connectivity index (χ4n) is 1.10. The van der Waals surface area contributed by atoms with Crippen LogP contribution in [0.5, 0.6) is 0 Å². The summed E-state index contributed by atoms with van der Waals surface area (Å²) in [5.41, 5.74) is -1.88. The zero-order valence-corrected chi connectivity index (χ0v) is 7.24. The van der Waals surface area contributed by atoms with Gasteiger partial charge in [0, 0.05) is 0 Å². The molecule has 1 N–H and O–H groups in total. The van der Waals surface area contributed by atoms with Crippen molar-refractivity contribution in [3.05, 3.63) is 39.4 Å². The molecule has 0 aliphatic heterocycles. The van der Waals surface area contributed by atoms with Crippen LogP contribution in [0.25, 0.3) is 0 Å². The largest absolute Gasteiger partial charge is 0.481 e. The molecule has 5 nitrogen and oxygen atoms in total. The van der Waals surface area contributed by atoms with Gasteiger partial charge in [-0.3, -0.25) is 14.9 Å². The molecule has 0 saturated heterocycles. The quantitative estimate of drug-likeness (QED) is 0.614. The molecule has 0 aromatic heterocycles. The highest BCUT2D eigenvalue weighted by molar-refractivity contribution is 5.72. The molecule has 0 saturated carbocycles. The van der Waals surface area contributed by atoms with E-state index in [4.69, 9.17) is 5.11 Å². The first-order valence-corrected chi connectivity index (χ1v) is 3.76.